The number of carbonyl (C=O) groups excluding carboxylic acids is 1. The van der Waals surface area contributed by atoms with Crippen LogP contribution in [0.3, 0.4) is 0 Å². The van der Waals surface area contributed by atoms with Gasteiger partial charge < -0.3 is 19.8 Å². The zero-order chi connectivity index (χ0) is 45.7. The maximum absolute atomic E-state index is 12.9. The van der Waals surface area contributed by atoms with Crippen LogP contribution in [0.2, 0.25) is 0 Å². The van der Waals surface area contributed by atoms with Crippen LogP contribution in [0.15, 0.2) is 12.2 Å². The number of phosphoric ester groups is 1. The molecule has 9 heteroatoms. The molecule has 3 N–H and O–H groups in total. The lowest BCUT2D eigenvalue weighted by Crippen LogP contribution is -2.45. The van der Waals surface area contributed by atoms with Crippen LogP contribution in [-0.4, -0.2) is 73.4 Å². The smallest absolute Gasteiger partial charge is 0.387 e. The Balaban J connectivity index is 4.16. The number of allylic oxidation sites excluding steroid dienone is 1. The Morgan fingerprint density at radius 2 is 0.855 bits per heavy atom. The van der Waals surface area contributed by atoms with E-state index < -0.39 is 20.0 Å². The molecule has 0 aromatic heterocycles. The molecule has 8 nitrogen and oxygen atoms in total. The molecular formula is C53H108N2O6P+. The molecule has 0 aliphatic rings. The standard InChI is InChI=1S/C53H107N2O6P/c1-6-8-10-12-14-16-18-20-22-23-24-25-26-27-28-29-30-31-33-35-37-39-41-43-45-47-53(57)54-51(50-61-62(58,59)60-49-48-55(3,4)5)52(56)46-44-42-40-38-36-34-32-21-19-17-15-13-11-9-7-2/h44,46,51-52,56H,6-43,45,47-50H2,1-5H3,(H-,54,57,58,59)/p+1/b46-44+. The van der Waals surface area contributed by atoms with Crippen LogP contribution in [0, 0.1) is 0 Å². The summed E-state index contributed by atoms with van der Waals surface area (Å²) in [5, 5.41) is 13.9. The molecule has 0 aliphatic carbocycles. The van der Waals surface area contributed by atoms with Gasteiger partial charge in [-0.1, -0.05) is 257 Å². The van der Waals surface area contributed by atoms with E-state index in [2.05, 4.69) is 19.2 Å². The van der Waals surface area contributed by atoms with E-state index in [0.717, 1.165) is 32.1 Å². The van der Waals surface area contributed by atoms with Gasteiger partial charge in [-0.25, -0.2) is 4.57 Å². The molecular weight excluding hydrogens is 792 g/mol. The van der Waals surface area contributed by atoms with Crippen LogP contribution in [0.4, 0.5) is 0 Å². The van der Waals surface area contributed by atoms with Gasteiger partial charge in [-0.3, -0.25) is 13.8 Å². The van der Waals surface area contributed by atoms with Gasteiger partial charge in [-0.05, 0) is 19.3 Å². The van der Waals surface area contributed by atoms with E-state index >= 15 is 0 Å². The van der Waals surface area contributed by atoms with Crippen molar-refractivity contribution < 1.29 is 32.9 Å². The minimum Gasteiger partial charge on any atom is -0.387 e. The molecule has 0 saturated carbocycles. The number of nitrogens with zero attached hydrogens (tertiary/aromatic N) is 1. The predicted molar refractivity (Wildman–Crippen MR) is 268 cm³/mol. The summed E-state index contributed by atoms with van der Waals surface area (Å²) in [5.41, 5.74) is 0. The van der Waals surface area contributed by atoms with Gasteiger partial charge in [0.25, 0.3) is 0 Å². The van der Waals surface area contributed by atoms with Crippen molar-refractivity contribution in [3.8, 4) is 0 Å². The third-order valence-corrected chi connectivity index (χ3v) is 13.5. The lowest BCUT2D eigenvalue weighted by Gasteiger charge is -2.25. The Hall–Kier alpha value is -0.760. The molecule has 0 aromatic carbocycles. The first-order valence-corrected chi connectivity index (χ1v) is 28.6. The first-order chi connectivity index (χ1) is 30.0. The Morgan fingerprint density at radius 1 is 0.532 bits per heavy atom. The normalized spacial score (nSPS) is 14.1. The van der Waals surface area contributed by atoms with Gasteiger partial charge in [-0.15, -0.1) is 0 Å². The molecule has 0 spiro atoms. The van der Waals surface area contributed by atoms with Crippen LogP contribution in [0.5, 0.6) is 0 Å². The number of carbonyl (C=O) groups is 1. The molecule has 1 amide bonds. The van der Waals surface area contributed by atoms with Gasteiger partial charge in [0.15, 0.2) is 0 Å². The lowest BCUT2D eigenvalue weighted by molar-refractivity contribution is -0.870. The highest BCUT2D eigenvalue weighted by Gasteiger charge is 2.27. The number of aliphatic hydroxyl groups excluding tert-OH is 1. The molecule has 0 aromatic rings. The minimum absolute atomic E-state index is 0.0650. The molecule has 0 radical (unpaired) electrons. The molecule has 3 unspecified atom stereocenters. The fraction of sp³-hybridized carbons (Fsp3) is 0.943. The summed E-state index contributed by atoms with van der Waals surface area (Å²) in [7, 11) is 1.59. The number of nitrogens with one attached hydrogen (secondary N) is 1. The SMILES string of the molecule is CCCCCCCCCCCCCCC/C=C/C(O)C(COP(=O)(O)OCC[N+](C)(C)C)NC(=O)CCCCCCCCCCCCCCCCCCCCCCCCCCC. The number of phosphoric acid groups is 1. The van der Waals surface area contributed by atoms with Crippen molar-refractivity contribution in [3.05, 3.63) is 12.2 Å². The van der Waals surface area contributed by atoms with Crippen molar-refractivity contribution in [1.29, 1.82) is 0 Å². The second-order valence-corrected chi connectivity index (χ2v) is 21.4. The predicted octanol–water partition coefficient (Wildman–Crippen LogP) is 15.9. The van der Waals surface area contributed by atoms with Crippen molar-refractivity contribution in [2.75, 3.05) is 40.9 Å². The fourth-order valence-corrected chi connectivity index (χ4v) is 8.96. The molecule has 370 valence electrons. The molecule has 0 heterocycles. The highest BCUT2D eigenvalue weighted by Crippen LogP contribution is 2.43. The number of rotatable bonds is 50. The summed E-state index contributed by atoms with van der Waals surface area (Å²) in [5.74, 6) is -0.171. The number of quaternary nitrogens is 1. The van der Waals surface area contributed by atoms with Crippen LogP contribution in [0.25, 0.3) is 0 Å². The quantitative estimate of drug-likeness (QED) is 0.0243. The van der Waals surface area contributed by atoms with Gasteiger partial charge >= 0.3 is 7.82 Å². The Morgan fingerprint density at radius 3 is 1.19 bits per heavy atom. The minimum atomic E-state index is -4.34. The molecule has 0 bridgehead atoms. The maximum atomic E-state index is 12.9. The average Bonchev–Trinajstić information content (AvgIpc) is 3.23. The summed E-state index contributed by atoms with van der Waals surface area (Å²) >= 11 is 0. The van der Waals surface area contributed by atoms with Crippen molar-refractivity contribution >= 4 is 13.7 Å². The lowest BCUT2D eigenvalue weighted by atomic mass is 10.0. The monoisotopic (exact) mass is 900 g/mol. The van der Waals surface area contributed by atoms with Crippen LogP contribution in [0.1, 0.15) is 271 Å². The second kappa shape index (κ2) is 45.4. The van der Waals surface area contributed by atoms with Crippen molar-refractivity contribution in [2.24, 2.45) is 0 Å². The highest BCUT2D eigenvalue weighted by atomic mass is 31.2. The van der Waals surface area contributed by atoms with Crippen LogP contribution in [-0.2, 0) is 18.4 Å². The van der Waals surface area contributed by atoms with Gasteiger partial charge in [0, 0.05) is 6.42 Å². The summed E-state index contributed by atoms with van der Waals surface area (Å²) in [6, 6.07) is -0.841. The van der Waals surface area contributed by atoms with Gasteiger partial charge in [-0.2, -0.15) is 0 Å². The van der Waals surface area contributed by atoms with Gasteiger partial charge in [0.1, 0.15) is 13.2 Å². The van der Waals surface area contributed by atoms with E-state index in [1.807, 2.05) is 27.2 Å². The average molecular weight is 900 g/mol. The van der Waals surface area contributed by atoms with Crippen LogP contribution < -0.4 is 5.32 Å². The van der Waals surface area contributed by atoms with E-state index in [-0.39, 0.29) is 19.1 Å². The molecule has 0 rings (SSSR count). The van der Waals surface area contributed by atoms with E-state index in [1.54, 1.807) is 6.08 Å². The zero-order valence-electron chi connectivity index (χ0n) is 42.1. The molecule has 62 heavy (non-hydrogen) atoms. The maximum Gasteiger partial charge on any atom is 0.472 e. The first kappa shape index (κ1) is 61.2. The number of hydrogen-bond donors (Lipinski definition) is 3. The molecule has 3 atom stereocenters. The van der Waals surface area contributed by atoms with E-state index in [1.165, 1.54) is 218 Å². The third-order valence-electron chi connectivity index (χ3n) is 12.5. The molecule has 0 fully saturated rings. The Bertz CT molecular complexity index is 1020. The zero-order valence-corrected chi connectivity index (χ0v) is 43.0. The van der Waals surface area contributed by atoms with Gasteiger partial charge in [0.05, 0.1) is 39.9 Å². The van der Waals surface area contributed by atoms with Crippen LogP contribution >= 0.6 is 7.82 Å². The van der Waals surface area contributed by atoms with Crippen molar-refractivity contribution in [2.45, 2.75) is 283 Å². The van der Waals surface area contributed by atoms with E-state index in [9.17, 15) is 19.4 Å². The fourth-order valence-electron chi connectivity index (χ4n) is 8.22. The molecule has 0 aliphatic heterocycles. The van der Waals surface area contributed by atoms with Crippen molar-refractivity contribution in [3.63, 3.8) is 0 Å². The number of likely N-dealkylation sites (N-methyl/N-ethyl adjacent to an activating group) is 1. The Kier molecular flexibility index (Phi) is 44.8. The third kappa shape index (κ3) is 47.2. The summed E-state index contributed by atoms with van der Waals surface area (Å²) in [6.07, 6.45) is 54.4. The largest absolute Gasteiger partial charge is 0.472 e. The first-order valence-electron chi connectivity index (χ1n) is 27.1. The topological polar surface area (TPSA) is 105 Å². The summed E-state index contributed by atoms with van der Waals surface area (Å²) < 4.78 is 23.7. The number of hydrogen-bond acceptors (Lipinski definition) is 5. The molecule has 0 saturated heterocycles. The number of unbranched alkanes of at least 4 members (excludes halogenated alkanes) is 37. The Labute approximate surface area is 386 Å². The number of amides is 1. The second-order valence-electron chi connectivity index (χ2n) is 20.0. The van der Waals surface area contributed by atoms with Crippen molar-refractivity contribution in [1.82, 2.24) is 5.32 Å². The van der Waals surface area contributed by atoms with E-state index in [0.29, 0.717) is 17.4 Å². The summed E-state index contributed by atoms with van der Waals surface area (Å²) in [6.45, 7) is 4.85. The summed E-state index contributed by atoms with van der Waals surface area (Å²) in [4.78, 5) is 23.2. The number of aliphatic hydroxyl groups is 1. The van der Waals surface area contributed by atoms with E-state index in [4.69, 9.17) is 9.05 Å². The van der Waals surface area contributed by atoms with Gasteiger partial charge in [0.2, 0.25) is 5.91 Å². The highest BCUT2D eigenvalue weighted by molar-refractivity contribution is 7.47.